The van der Waals surface area contributed by atoms with Gasteiger partial charge in [-0.1, -0.05) is 19.8 Å². The summed E-state index contributed by atoms with van der Waals surface area (Å²) >= 11 is 0. The number of hydrogen-bond acceptors (Lipinski definition) is 4. The fraction of sp³-hybridized carbons (Fsp3) is 0.812. The zero-order valence-electron chi connectivity index (χ0n) is 14.0. The molecule has 0 bridgehead atoms. The van der Waals surface area contributed by atoms with Crippen molar-refractivity contribution >= 4 is 6.03 Å². The number of rotatable bonds is 5. The molecule has 0 spiro atoms. The summed E-state index contributed by atoms with van der Waals surface area (Å²) in [6.45, 7) is 3.45. The SMILES string of the molecule is CCC1CCCC1NC(=O)NC1CCCn2nc(COC)nc21. The molecule has 1 fully saturated rings. The zero-order valence-corrected chi connectivity index (χ0v) is 14.0. The molecule has 1 saturated carbocycles. The van der Waals surface area contributed by atoms with E-state index in [-0.39, 0.29) is 12.1 Å². The van der Waals surface area contributed by atoms with Crippen LogP contribution in [0.5, 0.6) is 0 Å². The highest BCUT2D eigenvalue weighted by Crippen LogP contribution is 2.28. The molecule has 1 aromatic heterocycles. The van der Waals surface area contributed by atoms with Crippen molar-refractivity contribution in [3.63, 3.8) is 0 Å². The summed E-state index contributed by atoms with van der Waals surface area (Å²) in [5, 5.41) is 10.7. The van der Waals surface area contributed by atoms with E-state index < -0.39 is 0 Å². The van der Waals surface area contributed by atoms with E-state index in [4.69, 9.17) is 4.74 Å². The molecule has 2 amide bonds. The summed E-state index contributed by atoms with van der Waals surface area (Å²) in [5.41, 5.74) is 0. The Bertz CT molecular complexity index is 545. The Hall–Kier alpha value is -1.63. The number of amides is 2. The maximum atomic E-state index is 12.4. The molecule has 128 valence electrons. The third-order valence-electron chi connectivity index (χ3n) is 5.00. The minimum Gasteiger partial charge on any atom is -0.377 e. The first-order valence-corrected chi connectivity index (χ1v) is 8.70. The highest BCUT2D eigenvalue weighted by Gasteiger charge is 2.29. The molecule has 0 radical (unpaired) electrons. The normalized spacial score (nSPS) is 26.8. The number of urea groups is 1. The van der Waals surface area contributed by atoms with Crippen LogP contribution in [0.4, 0.5) is 4.79 Å². The van der Waals surface area contributed by atoms with Crippen LogP contribution in [0.2, 0.25) is 0 Å². The van der Waals surface area contributed by atoms with Crippen molar-refractivity contribution in [2.24, 2.45) is 5.92 Å². The number of nitrogens with zero attached hydrogens (tertiary/aromatic N) is 3. The number of methoxy groups -OCH3 is 1. The van der Waals surface area contributed by atoms with Gasteiger partial charge >= 0.3 is 6.03 Å². The minimum absolute atomic E-state index is 0.0664. The summed E-state index contributed by atoms with van der Waals surface area (Å²) in [4.78, 5) is 16.9. The third-order valence-corrected chi connectivity index (χ3v) is 5.00. The largest absolute Gasteiger partial charge is 0.377 e. The second-order valence-corrected chi connectivity index (χ2v) is 6.56. The summed E-state index contributed by atoms with van der Waals surface area (Å²) in [5.74, 6) is 2.14. The Kier molecular flexibility index (Phi) is 5.15. The Morgan fingerprint density at radius 1 is 1.30 bits per heavy atom. The molecule has 1 aliphatic heterocycles. The molecule has 1 aromatic rings. The number of carbonyl (C=O) groups is 1. The van der Waals surface area contributed by atoms with Gasteiger partial charge in [0.15, 0.2) is 5.82 Å². The summed E-state index contributed by atoms with van der Waals surface area (Å²) in [6.07, 6.45) is 6.55. The van der Waals surface area contributed by atoms with E-state index in [1.807, 2.05) is 4.68 Å². The van der Waals surface area contributed by atoms with Crippen molar-refractivity contribution in [1.82, 2.24) is 25.4 Å². The van der Waals surface area contributed by atoms with Crippen LogP contribution in [0.25, 0.3) is 0 Å². The predicted molar refractivity (Wildman–Crippen MR) is 85.8 cm³/mol. The smallest absolute Gasteiger partial charge is 0.315 e. The molecule has 7 nitrogen and oxygen atoms in total. The van der Waals surface area contributed by atoms with Crippen molar-refractivity contribution in [3.8, 4) is 0 Å². The van der Waals surface area contributed by atoms with Crippen molar-refractivity contribution in [2.75, 3.05) is 7.11 Å². The molecule has 3 atom stereocenters. The van der Waals surface area contributed by atoms with E-state index in [1.165, 1.54) is 12.8 Å². The van der Waals surface area contributed by atoms with Gasteiger partial charge in [-0.3, -0.25) is 0 Å². The average molecular weight is 321 g/mol. The fourth-order valence-corrected chi connectivity index (χ4v) is 3.81. The van der Waals surface area contributed by atoms with Gasteiger partial charge in [-0.25, -0.2) is 14.5 Å². The summed E-state index contributed by atoms with van der Waals surface area (Å²) < 4.78 is 6.99. The Morgan fingerprint density at radius 2 is 2.17 bits per heavy atom. The van der Waals surface area contributed by atoms with Gasteiger partial charge in [0, 0.05) is 19.7 Å². The van der Waals surface area contributed by atoms with Gasteiger partial charge in [0.1, 0.15) is 12.4 Å². The second kappa shape index (κ2) is 7.29. The molecule has 0 saturated heterocycles. The lowest BCUT2D eigenvalue weighted by molar-refractivity contribution is 0.177. The number of hydrogen-bond donors (Lipinski definition) is 2. The van der Waals surface area contributed by atoms with Gasteiger partial charge < -0.3 is 15.4 Å². The average Bonchev–Trinajstić information content (AvgIpc) is 3.14. The number of carbonyl (C=O) groups excluding carboxylic acids is 1. The van der Waals surface area contributed by atoms with Crippen LogP contribution >= 0.6 is 0 Å². The van der Waals surface area contributed by atoms with Gasteiger partial charge in [-0.15, -0.1) is 0 Å². The topological polar surface area (TPSA) is 81.1 Å². The van der Waals surface area contributed by atoms with E-state index in [0.717, 1.165) is 38.1 Å². The third kappa shape index (κ3) is 3.65. The highest BCUT2D eigenvalue weighted by atomic mass is 16.5. The van der Waals surface area contributed by atoms with Crippen molar-refractivity contribution in [2.45, 2.75) is 70.7 Å². The lowest BCUT2D eigenvalue weighted by Crippen LogP contribution is -2.45. The Labute approximate surface area is 137 Å². The van der Waals surface area contributed by atoms with Crippen molar-refractivity contribution < 1.29 is 9.53 Å². The van der Waals surface area contributed by atoms with Crippen LogP contribution in [-0.4, -0.2) is 33.9 Å². The first-order chi connectivity index (χ1) is 11.2. The van der Waals surface area contributed by atoms with Gasteiger partial charge in [-0.05, 0) is 31.6 Å². The van der Waals surface area contributed by atoms with Crippen molar-refractivity contribution in [1.29, 1.82) is 0 Å². The maximum Gasteiger partial charge on any atom is 0.315 e. The standard InChI is InChI=1S/C16H27N5O2/c1-3-11-6-4-7-12(11)17-16(22)18-13-8-5-9-21-15(13)19-14(20-21)10-23-2/h11-13H,3-10H2,1-2H3,(H2,17,18,22). The Morgan fingerprint density at radius 3 is 2.96 bits per heavy atom. The zero-order chi connectivity index (χ0) is 16.2. The van der Waals surface area contributed by atoms with Gasteiger partial charge in [0.2, 0.25) is 0 Å². The molecule has 23 heavy (non-hydrogen) atoms. The van der Waals surface area contributed by atoms with Crippen LogP contribution in [0.15, 0.2) is 0 Å². The molecule has 3 rings (SSSR count). The number of ether oxygens (including phenoxy) is 1. The molecule has 2 aliphatic rings. The monoisotopic (exact) mass is 321 g/mol. The minimum atomic E-state index is -0.0786. The van der Waals surface area contributed by atoms with Gasteiger partial charge in [0.25, 0.3) is 0 Å². The van der Waals surface area contributed by atoms with Crippen LogP contribution in [-0.2, 0) is 17.9 Å². The van der Waals surface area contributed by atoms with Crippen LogP contribution in [0.1, 0.15) is 63.1 Å². The first-order valence-electron chi connectivity index (χ1n) is 8.70. The molecule has 1 aliphatic carbocycles. The quantitative estimate of drug-likeness (QED) is 0.870. The lowest BCUT2D eigenvalue weighted by Gasteiger charge is -2.25. The number of fused-ring (bicyclic) bond motifs is 1. The van der Waals surface area contributed by atoms with Gasteiger partial charge in [-0.2, -0.15) is 5.10 Å². The van der Waals surface area contributed by atoms with Crippen LogP contribution in [0.3, 0.4) is 0 Å². The van der Waals surface area contributed by atoms with Crippen LogP contribution in [0, 0.1) is 5.92 Å². The van der Waals surface area contributed by atoms with E-state index in [0.29, 0.717) is 24.4 Å². The molecule has 3 unspecified atom stereocenters. The molecule has 2 heterocycles. The van der Waals surface area contributed by atoms with E-state index in [9.17, 15) is 4.79 Å². The first kappa shape index (κ1) is 16.2. The molecular weight excluding hydrogens is 294 g/mol. The number of aryl methyl sites for hydroxylation is 1. The molecular formula is C16H27N5O2. The Balaban J connectivity index is 1.61. The van der Waals surface area contributed by atoms with E-state index in [2.05, 4.69) is 27.6 Å². The second-order valence-electron chi connectivity index (χ2n) is 6.56. The molecule has 2 N–H and O–H groups in total. The predicted octanol–water partition coefficient (Wildman–Crippen LogP) is 2.14. The van der Waals surface area contributed by atoms with E-state index in [1.54, 1.807) is 7.11 Å². The number of nitrogens with one attached hydrogen (secondary N) is 2. The highest BCUT2D eigenvalue weighted by molar-refractivity contribution is 5.74. The summed E-state index contributed by atoms with van der Waals surface area (Å²) in [7, 11) is 1.63. The van der Waals surface area contributed by atoms with Crippen LogP contribution < -0.4 is 10.6 Å². The van der Waals surface area contributed by atoms with Crippen molar-refractivity contribution in [3.05, 3.63) is 11.6 Å². The van der Waals surface area contributed by atoms with E-state index >= 15 is 0 Å². The van der Waals surface area contributed by atoms with Gasteiger partial charge in [0.05, 0.1) is 6.04 Å². The molecule has 7 heteroatoms. The lowest BCUT2D eigenvalue weighted by atomic mass is 10.0. The molecule has 0 aromatic carbocycles. The fourth-order valence-electron chi connectivity index (χ4n) is 3.81. The number of aromatic nitrogens is 3. The summed E-state index contributed by atoms with van der Waals surface area (Å²) in [6, 6.07) is 0.166. The maximum absolute atomic E-state index is 12.4.